The summed E-state index contributed by atoms with van der Waals surface area (Å²) in [5.74, 6) is 0.373. The zero-order chi connectivity index (χ0) is 15.6. The molecule has 7 heteroatoms. The van der Waals surface area contributed by atoms with Gasteiger partial charge in [-0.25, -0.2) is 8.42 Å². The zero-order valence-corrected chi connectivity index (χ0v) is 14.9. The molecule has 0 atom stereocenters. The Morgan fingerprint density at radius 2 is 1.95 bits per heavy atom. The van der Waals surface area contributed by atoms with Crippen molar-refractivity contribution in [3.63, 3.8) is 0 Å². The molecule has 5 nitrogen and oxygen atoms in total. The molecule has 1 saturated heterocycles. The Balaban J connectivity index is 2.31. The largest absolute Gasteiger partial charge is 0.495 e. The zero-order valence-electron chi connectivity index (χ0n) is 12.5. The van der Waals surface area contributed by atoms with Crippen LogP contribution in [0.15, 0.2) is 27.6 Å². The maximum atomic E-state index is 12.9. The topological polar surface area (TPSA) is 49.9 Å². The van der Waals surface area contributed by atoms with E-state index in [-0.39, 0.29) is 10.9 Å². The molecule has 0 aliphatic carbocycles. The second-order valence-corrected chi connectivity index (χ2v) is 8.23. The van der Waals surface area contributed by atoms with Gasteiger partial charge in [0.15, 0.2) is 0 Å². The van der Waals surface area contributed by atoms with E-state index >= 15 is 0 Å². The monoisotopic (exact) mass is 376 g/mol. The third-order valence-electron chi connectivity index (χ3n) is 3.99. The number of ether oxygens (including phenoxy) is 1. The summed E-state index contributed by atoms with van der Waals surface area (Å²) in [6.07, 6.45) is 1.70. The number of methoxy groups -OCH3 is 1. The van der Waals surface area contributed by atoms with Crippen LogP contribution in [0.25, 0.3) is 0 Å². The number of likely N-dealkylation sites (tertiary alicyclic amines) is 1. The van der Waals surface area contributed by atoms with Gasteiger partial charge in [0.05, 0.1) is 7.11 Å². The Morgan fingerprint density at radius 3 is 2.52 bits per heavy atom. The maximum absolute atomic E-state index is 12.9. The predicted molar refractivity (Wildman–Crippen MR) is 86.2 cm³/mol. The van der Waals surface area contributed by atoms with Crippen molar-refractivity contribution in [2.24, 2.45) is 0 Å². The summed E-state index contributed by atoms with van der Waals surface area (Å²) in [6.45, 7) is 1.83. The van der Waals surface area contributed by atoms with Crippen LogP contribution in [0.3, 0.4) is 0 Å². The van der Waals surface area contributed by atoms with Crippen LogP contribution >= 0.6 is 15.9 Å². The quantitative estimate of drug-likeness (QED) is 0.807. The third kappa shape index (κ3) is 3.59. The molecular formula is C14H21BrN2O3S. The molecule has 1 aromatic carbocycles. The van der Waals surface area contributed by atoms with Gasteiger partial charge in [-0.1, -0.05) is 15.9 Å². The van der Waals surface area contributed by atoms with Crippen LogP contribution in [-0.2, 0) is 10.0 Å². The lowest BCUT2D eigenvalue weighted by Crippen LogP contribution is -2.44. The van der Waals surface area contributed by atoms with Crippen molar-refractivity contribution in [2.75, 3.05) is 34.3 Å². The van der Waals surface area contributed by atoms with Gasteiger partial charge in [-0.2, -0.15) is 4.31 Å². The summed E-state index contributed by atoms with van der Waals surface area (Å²) >= 11 is 3.33. The van der Waals surface area contributed by atoms with E-state index in [1.165, 1.54) is 11.4 Å². The molecule has 1 aliphatic heterocycles. The molecule has 21 heavy (non-hydrogen) atoms. The molecule has 0 saturated carbocycles. The highest BCUT2D eigenvalue weighted by molar-refractivity contribution is 9.10. The molecule has 0 aromatic heterocycles. The fraction of sp³-hybridized carbons (Fsp3) is 0.571. The summed E-state index contributed by atoms with van der Waals surface area (Å²) < 4.78 is 33.1. The summed E-state index contributed by atoms with van der Waals surface area (Å²) in [5, 5.41) is 0. The Bertz CT molecular complexity index is 598. The standard InChI is InChI=1S/C14H21BrN2O3S/c1-16-8-6-12(7-9-16)17(2)21(18,19)14-10-11(15)4-5-13(14)20-3/h4-5,10,12H,6-9H2,1-3H3. The van der Waals surface area contributed by atoms with Crippen LogP contribution in [-0.4, -0.2) is 58.0 Å². The first-order valence-corrected chi connectivity index (χ1v) is 9.09. The summed E-state index contributed by atoms with van der Waals surface area (Å²) in [6, 6.07) is 5.07. The van der Waals surface area contributed by atoms with Gasteiger partial charge in [-0.15, -0.1) is 0 Å². The Hall–Kier alpha value is -0.630. The molecule has 0 bridgehead atoms. The summed E-state index contributed by atoms with van der Waals surface area (Å²) in [7, 11) is 1.64. The van der Waals surface area contributed by atoms with Gasteiger partial charge in [-0.05, 0) is 51.2 Å². The SMILES string of the molecule is COc1ccc(Br)cc1S(=O)(=O)N(C)C1CCN(C)CC1. The highest BCUT2D eigenvalue weighted by Gasteiger charge is 2.32. The van der Waals surface area contributed by atoms with Crippen LogP contribution < -0.4 is 4.74 Å². The lowest BCUT2D eigenvalue weighted by atomic mass is 10.1. The van der Waals surface area contributed by atoms with E-state index in [0.717, 1.165) is 30.4 Å². The van der Waals surface area contributed by atoms with Crippen molar-refractivity contribution in [1.29, 1.82) is 0 Å². The Kier molecular flexibility index (Phi) is 5.29. The van der Waals surface area contributed by atoms with Gasteiger partial charge < -0.3 is 9.64 Å². The fourth-order valence-electron chi connectivity index (χ4n) is 2.56. The third-order valence-corrected chi connectivity index (χ3v) is 6.41. The lowest BCUT2D eigenvalue weighted by molar-refractivity contribution is 0.197. The van der Waals surface area contributed by atoms with Crippen molar-refractivity contribution < 1.29 is 13.2 Å². The van der Waals surface area contributed by atoms with E-state index < -0.39 is 10.0 Å². The van der Waals surface area contributed by atoms with Gasteiger partial charge in [0.1, 0.15) is 10.6 Å². The molecule has 1 aliphatic rings. The lowest BCUT2D eigenvalue weighted by Gasteiger charge is -2.34. The number of benzene rings is 1. The molecule has 1 aromatic rings. The van der Waals surface area contributed by atoms with E-state index in [2.05, 4.69) is 27.9 Å². The van der Waals surface area contributed by atoms with E-state index in [4.69, 9.17) is 4.74 Å². The summed E-state index contributed by atoms with van der Waals surface area (Å²) in [5.41, 5.74) is 0. The molecule has 0 radical (unpaired) electrons. The minimum Gasteiger partial charge on any atom is -0.495 e. The van der Waals surface area contributed by atoms with E-state index in [0.29, 0.717) is 5.75 Å². The predicted octanol–water partition coefficient (Wildman–Crippen LogP) is 2.17. The Labute approximate surface area is 135 Å². The van der Waals surface area contributed by atoms with Crippen molar-refractivity contribution in [2.45, 2.75) is 23.8 Å². The molecule has 0 spiro atoms. The molecule has 0 unspecified atom stereocenters. The molecule has 118 valence electrons. The van der Waals surface area contributed by atoms with Crippen molar-refractivity contribution >= 4 is 26.0 Å². The first kappa shape index (κ1) is 16.7. The van der Waals surface area contributed by atoms with Gasteiger partial charge >= 0.3 is 0 Å². The van der Waals surface area contributed by atoms with Crippen molar-refractivity contribution in [3.05, 3.63) is 22.7 Å². The molecule has 0 amide bonds. The molecule has 1 heterocycles. The van der Waals surface area contributed by atoms with Crippen LogP contribution in [0.1, 0.15) is 12.8 Å². The number of halogens is 1. The maximum Gasteiger partial charge on any atom is 0.246 e. The van der Waals surface area contributed by atoms with Crippen LogP contribution in [0.2, 0.25) is 0 Å². The van der Waals surface area contributed by atoms with Crippen LogP contribution in [0.5, 0.6) is 5.75 Å². The number of rotatable bonds is 4. The van der Waals surface area contributed by atoms with E-state index in [1.54, 1.807) is 25.2 Å². The number of hydrogen-bond donors (Lipinski definition) is 0. The second kappa shape index (κ2) is 6.64. The average Bonchev–Trinajstić information content (AvgIpc) is 2.47. The normalized spacial score (nSPS) is 18.1. The highest BCUT2D eigenvalue weighted by atomic mass is 79.9. The minimum absolute atomic E-state index is 0.0369. The highest BCUT2D eigenvalue weighted by Crippen LogP contribution is 2.31. The molecule has 1 fully saturated rings. The van der Waals surface area contributed by atoms with Gasteiger partial charge in [-0.3, -0.25) is 0 Å². The Morgan fingerprint density at radius 1 is 1.33 bits per heavy atom. The number of piperidine rings is 1. The molecule has 2 rings (SSSR count). The second-order valence-electron chi connectivity index (χ2n) is 5.35. The molecule has 0 N–H and O–H groups in total. The average molecular weight is 377 g/mol. The summed E-state index contributed by atoms with van der Waals surface area (Å²) in [4.78, 5) is 2.43. The molecular weight excluding hydrogens is 356 g/mol. The smallest absolute Gasteiger partial charge is 0.246 e. The minimum atomic E-state index is -3.56. The fourth-order valence-corrected chi connectivity index (χ4v) is 4.67. The van der Waals surface area contributed by atoms with Gasteiger partial charge in [0, 0.05) is 17.6 Å². The number of nitrogens with zero attached hydrogens (tertiary/aromatic N) is 2. The van der Waals surface area contributed by atoms with Crippen LogP contribution in [0, 0.1) is 0 Å². The number of sulfonamides is 1. The van der Waals surface area contributed by atoms with Gasteiger partial charge in [0.2, 0.25) is 10.0 Å². The van der Waals surface area contributed by atoms with Crippen molar-refractivity contribution in [1.82, 2.24) is 9.21 Å². The van der Waals surface area contributed by atoms with Crippen LogP contribution in [0.4, 0.5) is 0 Å². The van der Waals surface area contributed by atoms with Gasteiger partial charge in [0.25, 0.3) is 0 Å². The van der Waals surface area contributed by atoms with E-state index in [9.17, 15) is 8.42 Å². The first-order valence-electron chi connectivity index (χ1n) is 6.86. The number of hydrogen-bond acceptors (Lipinski definition) is 4. The van der Waals surface area contributed by atoms with E-state index in [1.807, 2.05) is 0 Å². The first-order chi connectivity index (χ1) is 9.86. The van der Waals surface area contributed by atoms with Crippen molar-refractivity contribution in [3.8, 4) is 5.75 Å².